The lowest BCUT2D eigenvalue weighted by Crippen LogP contribution is -2.20. The number of para-hydroxylation sites is 1. The summed E-state index contributed by atoms with van der Waals surface area (Å²) in [7, 11) is 0. The zero-order valence-electron chi connectivity index (χ0n) is 16.0. The predicted octanol–water partition coefficient (Wildman–Crippen LogP) is 3.41. The summed E-state index contributed by atoms with van der Waals surface area (Å²) in [6, 6.07) is 12.6. The van der Waals surface area contributed by atoms with Crippen LogP contribution in [0.5, 0.6) is 11.5 Å². The molecule has 0 radical (unpaired) electrons. The van der Waals surface area contributed by atoms with Gasteiger partial charge >= 0.3 is 0 Å². The van der Waals surface area contributed by atoms with Crippen molar-refractivity contribution in [3.8, 4) is 17.6 Å². The van der Waals surface area contributed by atoms with Gasteiger partial charge in [-0.1, -0.05) is 18.2 Å². The molecule has 0 aliphatic rings. The molecule has 8 heteroatoms. The van der Waals surface area contributed by atoms with Crippen molar-refractivity contribution in [3.63, 3.8) is 0 Å². The fourth-order valence-corrected chi connectivity index (χ4v) is 3.22. The highest BCUT2D eigenvalue weighted by atomic mass is 127. The van der Waals surface area contributed by atoms with E-state index in [4.69, 9.17) is 15.2 Å². The third-order valence-electron chi connectivity index (χ3n) is 3.76. The molecular weight excluding hydrogens is 485 g/mol. The van der Waals surface area contributed by atoms with Gasteiger partial charge in [0.1, 0.15) is 11.6 Å². The Labute approximate surface area is 182 Å². The van der Waals surface area contributed by atoms with Crippen LogP contribution in [-0.4, -0.2) is 25.0 Å². The van der Waals surface area contributed by atoms with Gasteiger partial charge in [-0.15, -0.1) is 0 Å². The monoisotopic (exact) mass is 505 g/mol. The van der Waals surface area contributed by atoms with Gasteiger partial charge in [-0.05, 0) is 71.8 Å². The molecule has 29 heavy (non-hydrogen) atoms. The average Bonchev–Trinajstić information content (AvgIpc) is 2.67. The molecule has 0 spiro atoms. The van der Waals surface area contributed by atoms with Gasteiger partial charge in [-0.3, -0.25) is 9.59 Å². The normalized spacial score (nSPS) is 10.8. The summed E-state index contributed by atoms with van der Waals surface area (Å²) < 4.78 is 11.7. The van der Waals surface area contributed by atoms with Crippen LogP contribution in [0.25, 0.3) is 6.08 Å². The number of nitriles is 1. The van der Waals surface area contributed by atoms with Crippen LogP contribution in [0.4, 0.5) is 5.69 Å². The van der Waals surface area contributed by atoms with Crippen LogP contribution in [0.3, 0.4) is 0 Å². The Morgan fingerprint density at radius 3 is 2.62 bits per heavy atom. The molecule has 0 fully saturated rings. The zero-order chi connectivity index (χ0) is 21.4. The van der Waals surface area contributed by atoms with Crippen LogP contribution >= 0.6 is 22.6 Å². The van der Waals surface area contributed by atoms with Crippen molar-refractivity contribution in [2.75, 3.05) is 18.5 Å². The number of carbonyl (C=O) groups excluding carboxylic acids is 2. The Morgan fingerprint density at radius 1 is 1.28 bits per heavy atom. The van der Waals surface area contributed by atoms with Crippen molar-refractivity contribution < 1.29 is 19.1 Å². The van der Waals surface area contributed by atoms with E-state index in [1.54, 1.807) is 24.3 Å². The number of ether oxygens (including phenoxy) is 2. The first-order chi connectivity index (χ1) is 13.8. The number of nitrogens with two attached hydrogens (primary N) is 1. The summed E-state index contributed by atoms with van der Waals surface area (Å²) in [4.78, 5) is 23.5. The van der Waals surface area contributed by atoms with E-state index in [1.807, 2.05) is 54.6 Å². The first-order valence-electron chi connectivity index (χ1n) is 8.72. The number of carbonyl (C=O) groups is 2. The van der Waals surface area contributed by atoms with Crippen molar-refractivity contribution in [2.45, 2.75) is 13.8 Å². The highest BCUT2D eigenvalue weighted by molar-refractivity contribution is 14.1. The van der Waals surface area contributed by atoms with Crippen molar-refractivity contribution in [2.24, 2.45) is 5.73 Å². The standard InChI is InChI=1S/C21H20IN3O4/c1-3-28-18-10-14(9-16(22)20(18)29-12-19(24)26)8-15(11-23)21(27)25-17-7-5-4-6-13(17)2/h4-10H,3,12H2,1-2H3,(H2,24,26)(H,25,27)/b15-8+. The van der Waals surface area contributed by atoms with E-state index >= 15 is 0 Å². The minimum absolute atomic E-state index is 0.0581. The van der Waals surface area contributed by atoms with E-state index in [2.05, 4.69) is 5.32 Å². The molecular formula is C21H20IN3O4. The lowest BCUT2D eigenvalue weighted by molar-refractivity contribution is -0.120. The van der Waals surface area contributed by atoms with E-state index in [9.17, 15) is 14.9 Å². The molecule has 2 amide bonds. The molecule has 0 aliphatic carbocycles. The maximum atomic E-state index is 12.5. The third kappa shape index (κ3) is 6.22. The second-order valence-corrected chi connectivity index (χ2v) is 7.12. The number of halogens is 1. The molecule has 2 aromatic carbocycles. The summed E-state index contributed by atoms with van der Waals surface area (Å²) in [5.74, 6) is -0.342. The van der Waals surface area contributed by atoms with Crippen LogP contribution in [0.2, 0.25) is 0 Å². The van der Waals surface area contributed by atoms with Crippen LogP contribution in [0, 0.1) is 21.8 Å². The number of hydrogen-bond acceptors (Lipinski definition) is 5. The van der Waals surface area contributed by atoms with Gasteiger partial charge in [-0.25, -0.2) is 0 Å². The van der Waals surface area contributed by atoms with E-state index in [-0.39, 0.29) is 12.2 Å². The number of benzene rings is 2. The number of primary amides is 1. The lowest BCUT2D eigenvalue weighted by Gasteiger charge is -2.14. The fraction of sp³-hybridized carbons (Fsp3) is 0.190. The van der Waals surface area contributed by atoms with Gasteiger partial charge in [0.15, 0.2) is 18.1 Å². The summed E-state index contributed by atoms with van der Waals surface area (Å²) in [5, 5.41) is 12.2. The van der Waals surface area contributed by atoms with Gasteiger partial charge in [-0.2, -0.15) is 5.26 Å². The van der Waals surface area contributed by atoms with Crippen LogP contribution in [-0.2, 0) is 9.59 Å². The van der Waals surface area contributed by atoms with Gasteiger partial charge in [0.05, 0.1) is 10.2 Å². The largest absolute Gasteiger partial charge is 0.490 e. The molecule has 0 heterocycles. The molecule has 0 aliphatic heterocycles. The topological polar surface area (TPSA) is 114 Å². The molecule has 0 aromatic heterocycles. The summed E-state index contributed by atoms with van der Waals surface area (Å²) in [6.45, 7) is 3.76. The summed E-state index contributed by atoms with van der Waals surface area (Å²) in [6.07, 6.45) is 1.47. The van der Waals surface area contributed by atoms with Gasteiger partial charge in [0.2, 0.25) is 0 Å². The number of hydrogen-bond donors (Lipinski definition) is 2. The van der Waals surface area contributed by atoms with Crippen molar-refractivity contribution in [1.29, 1.82) is 5.26 Å². The number of amides is 2. The molecule has 2 aromatic rings. The molecule has 2 rings (SSSR count). The second kappa shape index (κ2) is 10.5. The van der Waals surface area contributed by atoms with Crippen molar-refractivity contribution >= 4 is 46.2 Å². The van der Waals surface area contributed by atoms with Gasteiger partial charge in [0, 0.05) is 5.69 Å². The zero-order valence-corrected chi connectivity index (χ0v) is 18.1. The predicted molar refractivity (Wildman–Crippen MR) is 118 cm³/mol. The Bertz CT molecular complexity index is 996. The quantitative estimate of drug-likeness (QED) is 0.324. The lowest BCUT2D eigenvalue weighted by atomic mass is 10.1. The van der Waals surface area contributed by atoms with E-state index < -0.39 is 11.8 Å². The Hall–Kier alpha value is -3.06. The average molecular weight is 505 g/mol. The maximum Gasteiger partial charge on any atom is 0.266 e. The molecule has 3 N–H and O–H groups in total. The van der Waals surface area contributed by atoms with E-state index in [0.717, 1.165) is 5.56 Å². The second-order valence-electron chi connectivity index (χ2n) is 5.96. The van der Waals surface area contributed by atoms with Crippen molar-refractivity contribution in [1.82, 2.24) is 0 Å². The van der Waals surface area contributed by atoms with Crippen LogP contribution < -0.4 is 20.5 Å². The SMILES string of the molecule is CCOc1cc(/C=C(\C#N)C(=O)Nc2ccccc2C)cc(I)c1OCC(N)=O. The van der Waals surface area contributed by atoms with Gasteiger partial charge < -0.3 is 20.5 Å². The number of aryl methyl sites for hydroxylation is 1. The molecule has 0 bridgehead atoms. The van der Waals surface area contributed by atoms with Gasteiger partial charge in [0.25, 0.3) is 11.8 Å². The minimum Gasteiger partial charge on any atom is -0.490 e. The summed E-state index contributed by atoms with van der Waals surface area (Å²) in [5.41, 5.74) is 7.19. The summed E-state index contributed by atoms with van der Waals surface area (Å²) >= 11 is 2.03. The third-order valence-corrected chi connectivity index (χ3v) is 4.56. The molecule has 0 unspecified atom stereocenters. The Balaban J connectivity index is 2.34. The molecule has 0 saturated heterocycles. The first kappa shape index (κ1) is 22.2. The van der Waals surface area contributed by atoms with Crippen LogP contribution in [0.15, 0.2) is 42.0 Å². The number of nitrogens with zero attached hydrogens (tertiary/aromatic N) is 1. The molecule has 7 nitrogen and oxygen atoms in total. The highest BCUT2D eigenvalue weighted by Gasteiger charge is 2.15. The Morgan fingerprint density at radius 2 is 2.00 bits per heavy atom. The minimum atomic E-state index is -0.605. The van der Waals surface area contributed by atoms with E-state index in [1.165, 1.54) is 6.08 Å². The van der Waals surface area contributed by atoms with Crippen molar-refractivity contribution in [3.05, 3.63) is 56.7 Å². The Kier molecular flexibility index (Phi) is 8.03. The highest BCUT2D eigenvalue weighted by Crippen LogP contribution is 2.35. The molecule has 0 saturated carbocycles. The first-order valence-corrected chi connectivity index (χ1v) is 9.79. The number of anilines is 1. The molecule has 150 valence electrons. The van der Waals surface area contributed by atoms with E-state index in [0.29, 0.717) is 32.9 Å². The number of nitrogens with one attached hydrogen (secondary N) is 1. The van der Waals surface area contributed by atoms with Crippen LogP contribution in [0.1, 0.15) is 18.1 Å². The smallest absolute Gasteiger partial charge is 0.266 e. The fourth-order valence-electron chi connectivity index (χ4n) is 2.44. The molecule has 0 atom stereocenters. The number of rotatable bonds is 8. The maximum absolute atomic E-state index is 12.5.